The minimum absolute atomic E-state index is 0.202. The number of sulfonamides is 1. The molecule has 48 heavy (non-hydrogen) atoms. The van der Waals surface area contributed by atoms with Crippen LogP contribution in [0.2, 0.25) is 0 Å². The molecule has 3 fully saturated rings. The number of fused-ring (bicyclic) bond motifs is 1. The first-order valence-corrected chi connectivity index (χ1v) is 17.0. The Morgan fingerprint density at radius 2 is 1.56 bits per heavy atom. The van der Waals surface area contributed by atoms with E-state index in [0.717, 1.165) is 48.4 Å². The molecule has 0 amide bonds. The predicted molar refractivity (Wildman–Crippen MR) is 169 cm³/mol. The summed E-state index contributed by atoms with van der Waals surface area (Å²) in [6.07, 6.45) is 0.616. The van der Waals surface area contributed by atoms with Crippen molar-refractivity contribution in [2.45, 2.75) is 57.5 Å². The van der Waals surface area contributed by atoms with Crippen LogP contribution in [0.3, 0.4) is 0 Å². The first-order valence-electron chi connectivity index (χ1n) is 15.3. The molecule has 4 heterocycles. The summed E-state index contributed by atoms with van der Waals surface area (Å²) in [5.74, 6) is -4.61. The fourth-order valence-corrected chi connectivity index (χ4v) is 6.73. The summed E-state index contributed by atoms with van der Waals surface area (Å²) in [6, 6.07) is 7.21. The molecule has 0 atom stereocenters. The molecular formula is C30H36F5N7O5S. The molecule has 1 spiro atoms. The van der Waals surface area contributed by atoms with Gasteiger partial charge in [0, 0.05) is 56.5 Å². The highest BCUT2D eigenvalue weighted by Crippen LogP contribution is 2.54. The molecular weight excluding hydrogens is 665 g/mol. The van der Waals surface area contributed by atoms with Crippen molar-refractivity contribution < 1.29 is 45.4 Å². The van der Waals surface area contributed by atoms with E-state index in [9.17, 15) is 35.5 Å². The minimum atomic E-state index is -5.08. The maximum absolute atomic E-state index is 13.8. The van der Waals surface area contributed by atoms with E-state index in [-0.39, 0.29) is 25.9 Å². The number of piperidine rings is 2. The summed E-state index contributed by atoms with van der Waals surface area (Å²) < 4.78 is 86.8. The Labute approximate surface area is 273 Å². The second-order valence-corrected chi connectivity index (χ2v) is 14.2. The number of aliphatic hydroxyl groups excluding tert-OH is 1. The summed E-state index contributed by atoms with van der Waals surface area (Å²) >= 11 is 0. The van der Waals surface area contributed by atoms with Gasteiger partial charge in [-0.15, -0.1) is 0 Å². The molecule has 3 aromatic rings. The molecule has 1 aliphatic carbocycles. The van der Waals surface area contributed by atoms with Crippen LogP contribution in [0.5, 0.6) is 0 Å². The van der Waals surface area contributed by atoms with Crippen LogP contribution in [-0.4, -0.2) is 90.2 Å². The molecule has 1 saturated carbocycles. The number of aliphatic hydroxyl groups is 1. The van der Waals surface area contributed by atoms with Crippen LogP contribution in [0.15, 0.2) is 30.6 Å². The molecule has 262 valence electrons. The topological polar surface area (TPSA) is 161 Å². The second kappa shape index (κ2) is 13.4. The first-order chi connectivity index (χ1) is 22.5. The maximum Gasteiger partial charge on any atom is 0.490 e. The predicted octanol–water partition coefficient (Wildman–Crippen LogP) is 5.06. The molecule has 6 rings (SSSR count). The number of anilines is 5. The molecule has 0 unspecified atom stereocenters. The monoisotopic (exact) mass is 701 g/mol. The lowest BCUT2D eigenvalue weighted by Gasteiger charge is -2.35. The van der Waals surface area contributed by atoms with Crippen LogP contribution in [0.4, 0.5) is 50.6 Å². The highest BCUT2D eigenvalue weighted by atomic mass is 32.2. The Hall–Kier alpha value is -4.06. The molecule has 0 radical (unpaired) electrons. The van der Waals surface area contributed by atoms with Crippen molar-refractivity contribution in [1.29, 1.82) is 0 Å². The number of carboxylic acid groups (broad SMARTS) is 1. The molecule has 18 heteroatoms. The third kappa shape index (κ3) is 8.69. The smallest absolute Gasteiger partial charge is 0.475 e. The maximum atomic E-state index is 13.8. The van der Waals surface area contributed by atoms with E-state index >= 15 is 0 Å². The molecule has 4 N–H and O–H groups in total. The van der Waals surface area contributed by atoms with Gasteiger partial charge in [0.25, 0.3) is 5.92 Å². The largest absolute Gasteiger partial charge is 0.490 e. The third-order valence-electron chi connectivity index (χ3n) is 8.74. The van der Waals surface area contributed by atoms with Gasteiger partial charge in [0.15, 0.2) is 0 Å². The van der Waals surface area contributed by atoms with Crippen LogP contribution in [0, 0.1) is 12.3 Å². The van der Waals surface area contributed by atoms with Gasteiger partial charge >= 0.3 is 12.1 Å². The summed E-state index contributed by atoms with van der Waals surface area (Å²) in [7, 11) is -3.73. The lowest BCUT2D eigenvalue weighted by atomic mass is 9.93. The summed E-state index contributed by atoms with van der Waals surface area (Å²) in [5, 5.41) is 20.5. The molecule has 2 aliphatic heterocycles. The zero-order valence-electron chi connectivity index (χ0n) is 26.0. The minimum Gasteiger partial charge on any atom is -0.475 e. The number of hydrogen-bond donors (Lipinski definition) is 4. The van der Waals surface area contributed by atoms with E-state index in [4.69, 9.17) is 9.90 Å². The lowest BCUT2D eigenvalue weighted by molar-refractivity contribution is -0.192. The van der Waals surface area contributed by atoms with Gasteiger partial charge in [0.1, 0.15) is 18.0 Å². The quantitative estimate of drug-likeness (QED) is 0.233. The van der Waals surface area contributed by atoms with Gasteiger partial charge in [0.2, 0.25) is 10.0 Å². The number of alkyl halides is 5. The van der Waals surface area contributed by atoms with Crippen molar-refractivity contribution >= 4 is 55.6 Å². The van der Waals surface area contributed by atoms with Crippen LogP contribution in [0.25, 0.3) is 10.9 Å². The van der Waals surface area contributed by atoms with Gasteiger partial charge in [-0.1, -0.05) is 0 Å². The van der Waals surface area contributed by atoms with Crippen LogP contribution in [-0.2, 0) is 14.8 Å². The molecule has 1 aromatic carbocycles. The number of aryl methyl sites for hydroxylation is 1. The van der Waals surface area contributed by atoms with Crippen LogP contribution < -0.4 is 19.8 Å². The van der Waals surface area contributed by atoms with Crippen LogP contribution >= 0.6 is 0 Å². The Morgan fingerprint density at radius 3 is 2.15 bits per heavy atom. The van der Waals surface area contributed by atoms with Crippen molar-refractivity contribution in [3.63, 3.8) is 0 Å². The Kier molecular flexibility index (Phi) is 9.88. The third-order valence-corrected chi connectivity index (χ3v) is 10.0. The first kappa shape index (κ1) is 35.3. The van der Waals surface area contributed by atoms with Crippen molar-refractivity contribution in [2.24, 2.45) is 5.41 Å². The van der Waals surface area contributed by atoms with Crippen molar-refractivity contribution in [1.82, 2.24) is 15.0 Å². The number of aromatic nitrogens is 3. The SMILES string of the molecule is Cc1cc(Nc2ncnc3cc(NS(=O)(=O)CCO)cc(N4CCC5(CC4)CC5)c23)cc(N2CCC(F)(F)CC2)n1.O=C(O)C(F)(F)F. The van der Waals surface area contributed by atoms with Gasteiger partial charge in [-0.2, -0.15) is 13.2 Å². The highest BCUT2D eigenvalue weighted by molar-refractivity contribution is 7.92. The number of nitrogens with zero attached hydrogens (tertiary/aromatic N) is 5. The normalized spacial score (nSPS) is 18.6. The molecule has 2 saturated heterocycles. The van der Waals surface area contributed by atoms with Crippen LogP contribution in [0.1, 0.15) is 44.2 Å². The summed E-state index contributed by atoms with van der Waals surface area (Å²) in [6.45, 7) is 3.53. The number of aliphatic carboxylic acids is 1. The lowest BCUT2D eigenvalue weighted by Crippen LogP contribution is -2.39. The number of benzene rings is 1. The summed E-state index contributed by atoms with van der Waals surface area (Å²) in [4.78, 5) is 26.7. The summed E-state index contributed by atoms with van der Waals surface area (Å²) in [5.41, 5.74) is 3.69. The number of rotatable bonds is 8. The zero-order chi connectivity index (χ0) is 34.9. The highest BCUT2D eigenvalue weighted by Gasteiger charge is 2.44. The number of hydrogen-bond acceptors (Lipinski definition) is 10. The molecule has 2 aromatic heterocycles. The zero-order valence-corrected chi connectivity index (χ0v) is 26.8. The Balaban J connectivity index is 0.000000582. The van der Waals surface area contributed by atoms with E-state index < -0.39 is 40.5 Å². The van der Waals surface area contributed by atoms with E-state index in [2.05, 4.69) is 29.9 Å². The van der Waals surface area contributed by atoms with Gasteiger partial charge in [0.05, 0.1) is 34.6 Å². The number of pyridine rings is 1. The second-order valence-electron chi connectivity index (χ2n) is 12.4. The van der Waals surface area contributed by atoms with E-state index in [1.54, 1.807) is 6.07 Å². The molecule has 12 nitrogen and oxygen atoms in total. The number of nitrogens with one attached hydrogen (secondary N) is 2. The van der Waals surface area contributed by atoms with Crippen molar-refractivity contribution in [3.8, 4) is 0 Å². The molecule has 0 bridgehead atoms. The number of carboxylic acids is 1. The number of halogens is 5. The Bertz CT molecular complexity index is 1750. The molecule has 3 aliphatic rings. The standard InChI is InChI=1S/C28H35F2N7O3S.C2HF3O2/c1-19-14-20(17-24(33-19)37-10-6-28(29,30)7-11-37)34-26-25-22(31-18-32-26)15-21(35-41(39,40)13-12-38)16-23(25)36-8-4-27(2-3-27)5-9-36;3-2(4,5)1(6)7/h14-18,35,38H,2-13H2,1H3,(H,31,32,33,34);(H,6,7). The van der Waals surface area contributed by atoms with Gasteiger partial charge in [-0.25, -0.2) is 36.9 Å². The van der Waals surface area contributed by atoms with E-state index in [1.807, 2.05) is 30.0 Å². The van der Waals surface area contributed by atoms with E-state index in [0.29, 0.717) is 28.3 Å². The van der Waals surface area contributed by atoms with Crippen molar-refractivity contribution in [3.05, 3.63) is 36.3 Å². The van der Waals surface area contributed by atoms with Gasteiger partial charge in [-0.3, -0.25) is 4.72 Å². The Morgan fingerprint density at radius 1 is 0.938 bits per heavy atom. The van der Waals surface area contributed by atoms with Gasteiger partial charge in [-0.05, 0) is 56.2 Å². The van der Waals surface area contributed by atoms with Crippen molar-refractivity contribution in [2.75, 3.05) is 58.4 Å². The fraction of sp³-hybridized carbons (Fsp3) is 0.533. The average molecular weight is 702 g/mol. The fourth-order valence-electron chi connectivity index (χ4n) is 5.91. The van der Waals surface area contributed by atoms with Gasteiger partial charge < -0.3 is 25.3 Å². The average Bonchev–Trinajstić information content (AvgIpc) is 3.75. The van der Waals surface area contributed by atoms with E-state index in [1.165, 1.54) is 19.2 Å². The number of carbonyl (C=O) groups is 1.